The van der Waals surface area contributed by atoms with Gasteiger partial charge in [0.25, 0.3) is 0 Å². The Morgan fingerprint density at radius 2 is 1.64 bits per heavy atom. The van der Waals surface area contributed by atoms with Crippen LogP contribution in [0.2, 0.25) is 19.6 Å². The monoisotopic (exact) mass is 786 g/mol. The molecule has 0 unspecified atom stereocenters. The molecule has 0 saturated carbocycles. The zero-order valence-corrected chi connectivity index (χ0v) is 30.2. The van der Waals surface area contributed by atoms with E-state index in [4.69, 9.17) is 1.37 Å². The molecule has 223 valence electrons. The number of nitrogens with zero attached hydrogens (tertiary/aromatic N) is 2. The molecule has 0 aliphatic carbocycles. The predicted molar refractivity (Wildman–Crippen MR) is 189 cm³/mol. The fraction of sp³-hybridized carbons (Fsp3) is 0.179. The average Bonchev–Trinajstić information content (AvgIpc) is 3.37. The van der Waals surface area contributed by atoms with Crippen LogP contribution in [0.5, 0.6) is 0 Å². The Balaban J connectivity index is 0.000000202. The molecule has 0 amide bonds. The molecule has 0 N–H and O–H groups in total. The minimum atomic E-state index is -1.23. The van der Waals surface area contributed by atoms with Crippen LogP contribution in [0.25, 0.3) is 53.5 Å². The first kappa shape index (κ1) is 30.5. The van der Waals surface area contributed by atoms with E-state index in [9.17, 15) is 0 Å². The average molecular weight is 786 g/mol. The molecule has 7 rings (SSSR count). The number of aromatic nitrogens is 2. The largest absolute Gasteiger partial charge is 0.305 e. The molecule has 4 aromatic carbocycles. The summed E-state index contributed by atoms with van der Waals surface area (Å²) in [6.45, 7) is 12.9. The minimum absolute atomic E-state index is 0. The number of hydrogen-bond acceptors (Lipinski definition) is 3. The number of rotatable bonds is 4. The van der Waals surface area contributed by atoms with E-state index >= 15 is 0 Å². The van der Waals surface area contributed by atoms with Crippen LogP contribution in [0.3, 0.4) is 0 Å². The van der Waals surface area contributed by atoms with Crippen LogP contribution >= 0.6 is 11.3 Å². The van der Waals surface area contributed by atoms with Crippen LogP contribution in [-0.4, -0.2) is 18.0 Å². The maximum Gasteiger partial charge on any atom is 0.0795 e. The van der Waals surface area contributed by atoms with Crippen molar-refractivity contribution in [2.24, 2.45) is 0 Å². The van der Waals surface area contributed by atoms with Gasteiger partial charge in [-0.1, -0.05) is 86.4 Å². The Labute approximate surface area is 281 Å². The van der Waals surface area contributed by atoms with Crippen LogP contribution in [0.15, 0.2) is 103 Å². The zero-order chi connectivity index (χ0) is 31.1. The van der Waals surface area contributed by atoms with E-state index in [0.29, 0.717) is 0 Å². The molecule has 7 aromatic rings. The van der Waals surface area contributed by atoms with E-state index < -0.39 is 14.0 Å². The van der Waals surface area contributed by atoms with Gasteiger partial charge in [0.15, 0.2) is 0 Å². The molecule has 0 bridgehead atoms. The van der Waals surface area contributed by atoms with Gasteiger partial charge in [-0.3, -0.25) is 0 Å². The van der Waals surface area contributed by atoms with Crippen molar-refractivity contribution < 1.29 is 21.5 Å². The Morgan fingerprint density at radius 1 is 0.795 bits per heavy atom. The standard InChI is InChI=1S/C25H20NS.C14H16NSi.Ir/c1-15(2)17-9-10-26-23(13-17)21-6-4-5-20-22-12-18-8-7-16(3)11-19(18)14-24(22)27-25(20)21;1-16(2,3)13-9-10-14(15-11-13)12-7-5-4-6-8-12;/h4-5,7-15H,1-3H3;4-7,9-11H,1-3H3;/q2*-1;/i15D;;. The van der Waals surface area contributed by atoms with Gasteiger partial charge >= 0.3 is 0 Å². The van der Waals surface area contributed by atoms with Crippen molar-refractivity contribution in [1.29, 1.82) is 0 Å². The molecule has 3 heterocycles. The number of benzene rings is 4. The van der Waals surface area contributed by atoms with Gasteiger partial charge in [0, 0.05) is 38.6 Å². The third-order valence-electron chi connectivity index (χ3n) is 7.75. The number of hydrogen-bond donors (Lipinski definition) is 0. The maximum absolute atomic E-state index is 8.35. The first-order valence-electron chi connectivity index (χ1n) is 15.2. The van der Waals surface area contributed by atoms with Gasteiger partial charge in [-0.15, -0.1) is 59.7 Å². The molecule has 5 heteroatoms. The van der Waals surface area contributed by atoms with E-state index in [1.54, 1.807) is 17.5 Å². The molecule has 44 heavy (non-hydrogen) atoms. The Hall–Kier alpha value is -3.47. The molecule has 3 aromatic heterocycles. The summed E-state index contributed by atoms with van der Waals surface area (Å²) in [6.07, 6.45) is 3.82. The van der Waals surface area contributed by atoms with E-state index in [2.05, 4.69) is 97.2 Å². The van der Waals surface area contributed by atoms with Crippen LogP contribution < -0.4 is 5.19 Å². The molecule has 2 nitrogen and oxygen atoms in total. The van der Waals surface area contributed by atoms with Crippen LogP contribution in [0.4, 0.5) is 0 Å². The second kappa shape index (κ2) is 13.3. The summed E-state index contributed by atoms with van der Waals surface area (Å²) >= 11 is 1.80. The Bertz CT molecular complexity index is 2090. The van der Waals surface area contributed by atoms with E-state index in [1.165, 1.54) is 41.7 Å². The normalized spacial score (nSPS) is 12.0. The molecule has 1 radical (unpaired) electrons. The van der Waals surface area contributed by atoms with Gasteiger partial charge in [0.2, 0.25) is 0 Å². The zero-order valence-electron chi connectivity index (χ0n) is 27.0. The van der Waals surface area contributed by atoms with Gasteiger partial charge < -0.3 is 9.97 Å². The second-order valence-electron chi connectivity index (χ2n) is 12.3. The summed E-state index contributed by atoms with van der Waals surface area (Å²) in [7, 11) is -1.23. The fourth-order valence-electron chi connectivity index (χ4n) is 5.22. The van der Waals surface area contributed by atoms with Crippen molar-refractivity contribution in [1.82, 2.24) is 9.97 Å². The van der Waals surface area contributed by atoms with Crippen molar-refractivity contribution in [3.63, 3.8) is 0 Å². The molecule has 0 aliphatic heterocycles. The summed E-state index contributed by atoms with van der Waals surface area (Å²) in [4.78, 5) is 9.12. The van der Waals surface area contributed by atoms with Crippen molar-refractivity contribution in [3.05, 3.63) is 127 Å². The van der Waals surface area contributed by atoms with Crippen LogP contribution in [0, 0.1) is 19.1 Å². The van der Waals surface area contributed by atoms with Crippen molar-refractivity contribution in [3.8, 4) is 22.5 Å². The third kappa shape index (κ3) is 6.77. The van der Waals surface area contributed by atoms with Gasteiger partial charge in [-0.05, 0) is 68.4 Å². The minimum Gasteiger partial charge on any atom is -0.305 e. The molecule has 0 aliphatic rings. The van der Waals surface area contributed by atoms with E-state index in [1.807, 2.05) is 62.5 Å². The predicted octanol–water partition coefficient (Wildman–Crippen LogP) is 10.6. The van der Waals surface area contributed by atoms with Gasteiger partial charge in [0.05, 0.1) is 8.07 Å². The molecular formula is C39H36IrN2SSi-2. The third-order valence-corrected chi connectivity index (χ3v) is 11.0. The number of fused-ring (bicyclic) bond motifs is 4. The van der Waals surface area contributed by atoms with E-state index in [0.717, 1.165) is 28.1 Å². The van der Waals surface area contributed by atoms with Crippen molar-refractivity contribution >= 4 is 55.5 Å². The summed E-state index contributed by atoms with van der Waals surface area (Å²) in [5.41, 5.74) is 6.21. The topological polar surface area (TPSA) is 25.8 Å². The van der Waals surface area contributed by atoms with Crippen LogP contribution in [-0.2, 0) is 20.1 Å². The molecule has 0 fully saturated rings. The van der Waals surface area contributed by atoms with Crippen molar-refractivity contribution in [2.75, 3.05) is 0 Å². The van der Waals surface area contributed by atoms with Gasteiger partial charge in [0.1, 0.15) is 0 Å². The summed E-state index contributed by atoms with van der Waals surface area (Å²) in [5, 5.41) is 6.47. The molecular weight excluding hydrogens is 749 g/mol. The molecule has 0 atom stereocenters. The second-order valence-corrected chi connectivity index (χ2v) is 18.4. The number of thiophene rings is 1. The first-order chi connectivity index (χ1) is 21.0. The number of pyridine rings is 2. The van der Waals surface area contributed by atoms with Gasteiger partial charge in [-0.25, -0.2) is 0 Å². The molecule has 0 saturated heterocycles. The Kier molecular flexibility index (Phi) is 9.20. The summed E-state index contributed by atoms with van der Waals surface area (Å²) in [6, 6.07) is 38.1. The first-order valence-corrected chi connectivity index (χ1v) is 19.0. The van der Waals surface area contributed by atoms with Gasteiger partial charge in [-0.2, -0.15) is 11.3 Å². The number of aryl methyl sites for hydroxylation is 1. The summed E-state index contributed by atoms with van der Waals surface area (Å²) in [5.74, 6) is -0.651. The van der Waals surface area contributed by atoms with E-state index in [-0.39, 0.29) is 20.1 Å². The fourth-order valence-corrected chi connectivity index (χ4v) is 7.49. The Morgan fingerprint density at radius 3 is 2.34 bits per heavy atom. The van der Waals surface area contributed by atoms with Crippen LogP contribution in [0.1, 0.15) is 32.2 Å². The molecule has 0 spiro atoms. The smallest absolute Gasteiger partial charge is 0.0795 e. The quantitative estimate of drug-likeness (QED) is 0.131. The SMILES string of the molecule is C[Si](C)(C)c1ccc(-c2[c-]cccc2)nc1.[2H]C(C)(C)c1ccnc(-c2[c-]ccc3c2sc2cc4cc(C)ccc4cc23)c1.[Ir]. The summed E-state index contributed by atoms with van der Waals surface area (Å²) < 4.78 is 10.8. The van der Waals surface area contributed by atoms with Crippen molar-refractivity contribution in [2.45, 2.75) is 46.3 Å². The maximum atomic E-state index is 8.35.